The second-order valence-corrected chi connectivity index (χ2v) is 9.53. The summed E-state index contributed by atoms with van der Waals surface area (Å²) in [6.07, 6.45) is 1.65. The molecular weight excluding hydrogens is 528 g/mol. The van der Waals surface area contributed by atoms with Gasteiger partial charge in [-0.2, -0.15) is 0 Å². The molecule has 0 aliphatic heterocycles. The Morgan fingerprint density at radius 3 is 2.40 bits per heavy atom. The molecule has 0 bridgehead atoms. The highest BCUT2D eigenvalue weighted by Crippen LogP contribution is 2.31. The number of nitrogen functional groups attached to an aromatic ring is 1. The fourth-order valence-electron chi connectivity index (χ4n) is 4.71. The summed E-state index contributed by atoms with van der Waals surface area (Å²) in [7, 11) is 1.30. The maximum absolute atomic E-state index is 12.8. The van der Waals surface area contributed by atoms with Crippen LogP contribution in [0.15, 0.2) is 109 Å². The summed E-state index contributed by atoms with van der Waals surface area (Å²) in [6.45, 7) is 0.297. The number of carbonyl (C=O) groups excluding carboxylic acids is 2. The molecule has 0 spiro atoms. The van der Waals surface area contributed by atoms with Gasteiger partial charge in [0.2, 0.25) is 0 Å². The van der Waals surface area contributed by atoms with Gasteiger partial charge in [-0.15, -0.1) is 0 Å². The van der Waals surface area contributed by atoms with Gasteiger partial charge in [-0.1, -0.05) is 48.5 Å². The lowest BCUT2D eigenvalue weighted by molar-refractivity contribution is 0.0600. The van der Waals surface area contributed by atoms with E-state index in [-0.39, 0.29) is 5.91 Å². The first-order valence-corrected chi connectivity index (χ1v) is 13.2. The number of benzene rings is 3. The van der Waals surface area contributed by atoms with Crippen LogP contribution in [-0.2, 0) is 11.3 Å². The highest BCUT2D eigenvalue weighted by atomic mass is 16.5. The number of ether oxygens (including phenoxy) is 1. The van der Waals surface area contributed by atoms with Gasteiger partial charge >= 0.3 is 5.97 Å². The van der Waals surface area contributed by atoms with Crippen LogP contribution in [0.4, 0.5) is 5.82 Å². The van der Waals surface area contributed by atoms with E-state index in [4.69, 9.17) is 20.4 Å². The van der Waals surface area contributed by atoms with Gasteiger partial charge in [0.05, 0.1) is 23.9 Å². The summed E-state index contributed by atoms with van der Waals surface area (Å²) in [6, 6.07) is 31.8. The largest absolute Gasteiger partial charge is 0.465 e. The van der Waals surface area contributed by atoms with Crippen LogP contribution in [0.25, 0.3) is 39.5 Å². The van der Waals surface area contributed by atoms with Gasteiger partial charge in [0.15, 0.2) is 11.5 Å². The van der Waals surface area contributed by atoms with Crippen molar-refractivity contribution >= 4 is 28.9 Å². The van der Waals surface area contributed by atoms with Crippen molar-refractivity contribution in [2.45, 2.75) is 6.54 Å². The lowest BCUT2D eigenvalue weighted by Crippen LogP contribution is -2.23. The van der Waals surface area contributed by atoms with Crippen molar-refractivity contribution in [1.29, 1.82) is 0 Å². The number of fused-ring (bicyclic) bond motifs is 1. The van der Waals surface area contributed by atoms with Crippen LogP contribution in [0.1, 0.15) is 26.3 Å². The molecule has 1 amide bonds. The third kappa shape index (κ3) is 5.18. The van der Waals surface area contributed by atoms with Crippen LogP contribution in [0.2, 0.25) is 0 Å². The van der Waals surface area contributed by atoms with Gasteiger partial charge in [-0.05, 0) is 60.2 Å². The lowest BCUT2D eigenvalue weighted by Gasteiger charge is -2.12. The Hall–Kier alpha value is -5.83. The molecular formula is C33H26N6O3. The van der Waals surface area contributed by atoms with Gasteiger partial charge in [0.25, 0.3) is 5.91 Å². The van der Waals surface area contributed by atoms with Crippen molar-refractivity contribution in [3.8, 4) is 28.3 Å². The molecule has 6 rings (SSSR count). The van der Waals surface area contributed by atoms with Crippen LogP contribution >= 0.6 is 0 Å². The van der Waals surface area contributed by atoms with Crippen LogP contribution in [-0.4, -0.2) is 38.5 Å². The number of carbonyl (C=O) groups is 2. The van der Waals surface area contributed by atoms with E-state index in [9.17, 15) is 9.59 Å². The van der Waals surface area contributed by atoms with E-state index in [1.807, 2.05) is 83.4 Å². The average molecular weight is 555 g/mol. The molecule has 0 saturated heterocycles. The Balaban J connectivity index is 1.33. The first kappa shape index (κ1) is 26.4. The van der Waals surface area contributed by atoms with Crippen LogP contribution in [0.5, 0.6) is 0 Å². The Kier molecular flexibility index (Phi) is 7.13. The zero-order valence-corrected chi connectivity index (χ0v) is 22.7. The summed E-state index contributed by atoms with van der Waals surface area (Å²) in [5, 5.41) is 2.91. The van der Waals surface area contributed by atoms with Gasteiger partial charge in [0, 0.05) is 29.6 Å². The minimum atomic E-state index is -0.495. The molecule has 9 heteroatoms. The van der Waals surface area contributed by atoms with Crippen molar-refractivity contribution in [2.75, 3.05) is 12.8 Å². The highest BCUT2D eigenvalue weighted by Gasteiger charge is 2.19. The monoisotopic (exact) mass is 554 g/mol. The predicted octanol–water partition coefficient (Wildman–Crippen LogP) is 5.45. The number of amides is 1. The molecule has 0 radical (unpaired) electrons. The smallest absolute Gasteiger partial charge is 0.337 e. The normalized spacial score (nSPS) is 10.9. The van der Waals surface area contributed by atoms with E-state index < -0.39 is 5.97 Å². The molecule has 9 nitrogen and oxygen atoms in total. The third-order valence-corrected chi connectivity index (χ3v) is 6.85. The second kappa shape index (κ2) is 11.3. The molecule has 3 heterocycles. The number of aromatic nitrogens is 4. The molecule has 206 valence electrons. The van der Waals surface area contributed by atoms with Crippen molar-refractivity contribution in [2.24, 2.45) is 0 Å². The van der Waals surface area contributed by atoms with Crippen LogP contribution in [0, 0.1) is 0 Å². The molecule has 0 aliphatic rings. The molecule has 0 unspecified atom stereocenters. The lowest BCUT2D eigenvalue weighted by atomic mass is 10.1. The zero-order valence-electron chi connectivity index (χ0n) is 22.7. The van der Waals surface area contributed by atoms with E-state index in [1.54, 1.807) is 24.4 Å². The van der Waals surface area contributed by atoms with Gasteiger partial charge < -0.3 is 15.8 Å². The topological polar surface area (TPSA) is 125 Å². The maximum atomic E-state index is 12.8. The van der Waals surface area contributed by atoms with Crippen LogP contribution in [0.3, 0.4) is 0 Å². The molecule has 3 aromatic heterocycles. The minimum Gasteiger partial charge on any atom is -0.465 e. The SMILES string of the molecule is COC(=O)c1cccc(C(=O)NCc2ccc(-n3c(-c4cccnc4N)nc4ccc(-c5ccccc5)nc43)cc2)c1. The Morgan fingerprint density at radius 1 is 0.857 bits per heavy atom. The molecule has 0 atom stereocenters. The quantitative estimate of drug-likeness (QED) is 0.252. The Labute approximate surface area is 241 Å². The molecule has 0 aliphatic carbocycles. The fraction of sp³-hybridized carbons (Fsp3) is 0.0606. The molecule has 6 aromatic rings. The summed E-state index contributed by atoms with van der Waals surface area (Å²) in [4.78, 5) is 38.7. The number of nitrogens with zero attached hydrogens (tertiary/aromatic N) is 4. The molecule has 3 aromatic carbocycles. The second-order valence-electron chi connectivity index (χ2n) is 9.53. The number of nitrogens with one attached hydrogen (secondary N) is 1. The standard InChI is InChI=1S/C33H26N6O3/c1-42-33(41)24-10-5-9-23(19-24)32(40)36-20-21-12-14-25(15-13-21)39-30(26-11-6-18-35-29(26)34)38-28-17-16-27(37-31(28)39)22-7-3-2-4-8-22/h2-19H,20H2,1H3,(H2,34,35)(H,36,40). The minimum absolute atomic E-state index is 0.294. The molecule has 42 heavy (non-hydrogen) atoms. The first-order valence-electron chi connectivity index (χ1n) is 13.2. The molecule has 0 fully saturated rings. The van der Waals surface area contributed by atoms with E-state index in [1.165, 1.54) is 13.2 Å². The van der Waals surface area contributed by atoms with E-state index in [0.29, 0.717) is 40.5 Å². The number of rotatable bonds is 7. The third-order valence-electron chi connectivity index (χ3n) is 6.85. The number of imidazole rings is 1. The fourth-order valence-corrected chi connectivity index (χ4v) is 4.71. The number of anilines is 1. The summed E-state index contributed by atoms with van der Waals surface area (Å²) in [5.74, 6) is 0.204. The summed E-state index contributed by atoms with van der Waals surface area (Å²) < 4.78 is 6.72. The van der Waals surface area contributed by atoms with E-state index in [2.05, 4.69) is 10.3 Å². The van der Waals surface area contributed by atoms with E-state index in [0.717, 1.165) is 28.0 Å². The molecule has 0 saturated carbocycles. The van der Waals surface area contributed by atoms with E-state index >= 15 is 0 Å². The van der Waals surface area contributed by atoms with Crippen molar-refractivity contribution < 1.29 is 14.3 Å². The number of methoxy groups -OCH3 is 1. The van der Waals surface area contributed by atoms with Crippen molar-refractivity contribution in [3.05, 3.63) is 126 Å². The Bertz CT molecular complexity index is 1920. The van der Waals surface area contributed by atoms with Gasteiger partial charge in [0.1, 0.15) is 11.3 Å². The van der Waals surface area contributed by atoms with Crippen LogP contribution < -0.4 is 11.1 Å². The average Bonchev–Trinajstić information content (AvgIpc) is 3.42. The number of hydrogen-bond donors (Lipinski definition) is 2. The predicted molar refractivity (Wildman–Crippen MR) is 161 cm³/mol. The first-order chi connectivity index (χ1) is 20.5. The number of pyridine rings is 2. The molecule has 3 N–H and O–H groups in total. The summed E-state index contributed by atoms with van der Waals surface area (Å²) >= 11 is 0. The van der Waals surface area contributed by atoms with Gasteiger partial charge in [-0.25, -0.2) is 19.7 Å². The number of esters is 1. The van der Waals surface area contributed by atoms with Gasteiger partial charge in [-0.3, -0.25) is 9.36 Å². The number of hydrogen-bond acceptors (Lipinski definition) is 7. The Morgan fingerprint density at radius 2 is 1.64 bits per heavy atom. The summed E-state index contributed by atoms with van der Waals surface area (Å²) in [5.41, 5.74) is 12.6. The van der Waals surface area contributed by atoms with Crippen molar-refractivity contribution in [3.63, 3.8) is 0 Å². The highest BCUT2D eigenvalue weighted by molar-refractivity contribution is 5.97. The van der Waals surface area contributed by atoms with Crippen molar-refractivity contribution in [1.82, 2.24) is 24.8 Å². The zero-order chi connectivity index (χ0) is 29.1. The maximum Gasteiger partial charge on any atom is 0.337 e. The number of nitrogens with two attached hydrogens (primary N) is 1.